The van der Waals surface area contributed by atoms with E-state index in [-0.39, 0.29) is 17.9 Å². The number of benzene rings is 2. The summed E-state index contributed by atoms with van der Waals surface area (Å²) in [7, 11) is 1.55. The summed E-state index contributed by atoms with van der Waals surface area (Å²) in [5, 5.41) is 0. The Kier molecular flexibility index (Phi) is 6.06. The molecule has 31 heavy (non-hydrogen) atoms. The molecule has 0 radical (unpaired) electrons. The van der Waals surface area contributed by atoms with Crippen molar-refractivity contribution in [3.63, 3.8) is 0 Å². The molecule has 162 valence electrons. The maximum absolute atomic E-state index is 13.0. The molecular formula is C23H25N3O5. The number of nitrogens with zero attached hydrogens (tertiary/aromatic N) is 3. The third-order valence-electron chi connectivity index (χ3n) is 5.59. The van der Waals surface area contributed by atoms with Gasteiger partial charge in [-0.3, -0.25) is 14.5 Å². The van der Waals surface area contributed by atoms with E-state index in [2.05, 4.69) is 0 Å². The van der Waals surface area contributed by atoms with Gasteiger partial charge in [-0.1, -0.05) is 12.1 Å². The molecule has 2 aromatic carbocycles. The van der Waals surface area contributed by atoms with Crippen molar-refractivity contribution in [1.29, 1.82) is 0 Å². The third-order valence-corrected chi connectivity index (χ3v) is 5.59. The van der Waals surface area contributed by atoms with Gasteiger partial charge in [0.25, 0.3) is 11.8 Å². The fourth-order valence-electron chi connectivity index (χ4n) is 3.91. The van der Waals surface area contributed by atoms with Crippen LogP contribution in [0.3, 0.4) is 0 Å². The zero-order valence-corrected chi connectivity index (χ0v) is 17.5. The van der Waals surface area contributed by atoms with Crippen LogP contribution in [0.4, 0.5) is 10.5 Å². The monoisotopic (exact) mass is 423 g/mol. The molecule has 2 fully saturated rings. The summed E-state index contributed by atoms with van der Waals surface area (Å²) in [6.07, 6.45) is 0.330. The lowest BCUT2D eigenvalue weighted by Gasteiger charge is -2.23. The highest BCUT2D eigenvalue weighted by Gasteiger charge is 2.26. The van der Waals surface area contributed by atoms with Gasteiger partial charge in [0.15, 0.2) is 0 Å². The Bertz CT molecular complexity index is 975. The summed E-state index contributed by atoms with van der Waals surface area (Å²) >= 11 is 0. The quantitative estimate of drug-likeness (QED) is 0.755. The van der Waals surface area contributed by atoms with Crippen molar-refractivity contribution in [2.24, 2.45) is 0 Å². The van der Waals surface area contributed by atoms with Gasteiger partial charge >= 0.3 is 6.09 Å². The largest absolute Gasteiger partial charge is 0.496 e. The molecule has 0 aromatic heterocycles. The van der Waals surface area contributed by atoms with Crippen LogP contribution < -0.4 is 9.64 Å². The minimum Gasteiger partial charge on any atom is -0.496 e. The van der Waals surface area contributed by atoms with Crippen LogP contribution in [0.1, 0.15) is 27.1 Å². The van der Waals surface area contributed by atoms with Gasteiger partial charge in [-0.05, 0) is 42.8 Å². The molecule has 4 rings (SSSR count). The molecule has 2 aliphatic rings. The lowest BCUT2D eigenvalue weighted by atomic mass is 10.1. The molecule has 0 unspecified atom stereocenters. The number of cyclic esters (lactones) is 1. The normalized spacial score (nSPS) is 16.7. The third kappa shape index (κ3) is 4.33. The molecule has 2 saturated heterocycles. The van der Waals surface area contributed by atoms with Crippen molar-refractivity contribution in [3.05, 3.63) is 59.7 Å². The van der Waals surface area contributed by atoms with E-state index in [4.69, 9.17) is 9.47 Å². The van der Waals surface area contributed by atoms with Crippen LogP contribution >= 0.6 is 0 Å². The number of hydrogen-bond acceptors (Lipinski definition) is 5. The molecule has 0 N–H and O–H groups in total. The van der Waals surface area contributed by atoms with Gasteiger partial charge in [0.2, 0.25) is 0 Å². The van der Waals surface area contributed by atoms with Crippen molar-refractivity contribution in [3.8, 4) is 5.75 Å². The number of ether oxygens (including phenoxy) is 2. The Labute approximate surface area is 180 Å². The highest BCUT2D eigenvalue weighted by atomic mass is 16.6. The van der Waals surface area contributed by atoms with Gasteiger partial charge in [-0.2, -0.15) is 0 Å². The van der Waals surface area contributed by atoms with Crippen LogP contribution in [-0.4, -0.2) is 74.1 Å². The first-order valence-corrected chi connectivity index (χ1v) is 10.3. The Morgan fingerprint density at radius 3 is 2.19 bits per heavy atom. The fourth-order valence-corrected chi connectivity index (χ4v) is 3.91. The zero-order chi connectivity index (χ0) is 21.8. The summed E-state index contributed by atoms with van der Waals surface area (Å²) in [6.45, 7) is 2.96. The number of carbonyl (C=O) groups is 3. The SMILES string of the molecule is COc1ccccc1C(=O)N1CCCN(C(=O)c2ccc(N3CCOC3=O)cc2)CC1. The average Bonchev–Trinajstić information content (AvgIpc) is 3.09. The average molecular weight is 423 g/mol. The van der Waals surface area contributed by atoms with E-state index in [1.54, 1.807) is 58.2 Å². The van der Waals surface area contributed by atoms with Crippen molar-refractivity contribution < 1.29 is 23.9 Å². The van der Waals surface area contributed by atoms with Crippen molar-refractivity contribution in [2.45, 2.75) is 6.42 Å². The number of hydrogen-bond donors (Lipinski definition) is 0. The van der Waals surface area contributed by atoms with Gasteiger partial charge < -0.3 is 19.3 Å². The lowest BCUT2D eigenvalue weighted by molar-refractivity contribution is 0.0717. The first kappa shape index (κ1) is 20.7. The smallest absolute Gasteiger partial charge is 0.414 e. The van der Waals surface area contributed by atoms with E-state index in [1.165, 1.54) is 0 Å². The summed E-state index contributed by atoms with van der Waals surface area (Å²) in [5.41, 5.74) is 1.80. The second-order valence-electron chi connectivity index (χ2n) is 7.45. The molecule has 0 spiro atoms. The van der Waals surface area contributed by atoms with Crippen LogP contribution in [-0.2, 0) is 4.74 Å². The lowest BCUT2D eigenvalue weighted by Crippen LogP contribution is -2.37. The molecular weight excluding hydrogens is 398 g/mol. The number of carbonyl (C=O) groups excluding carboxylic acids is 3. The van der Waals surface area contributed by atoms with Crippen LogP contribution in [0.25, 0.3) is 0 Å². The minimum atomic E-state index is -0.369. The van der Waals surface area contributed by atoms with E-state index in [0.29, 0.717) is 68.3 Å². The van der Waals surface area contributed by atoms with Crippen LogP contribution in [0.5, 0.6) is 5.75 Å². The van der Waals surface area contributed by atoms with Crippen molar-refractivity contribution >= 4 is 23.6 Å². The Hall–Kier alpha value is -3.55. The maximum Gasteiger partial charge on any atom is 0.414 e. The molecule has 2 aromatic rings. The van der Waals surface area contributed by atoms with Crippen LogP contribution in [0.15, 0.2) is 48.5 Å². The van der Waals surface area contributed by atoms with E-state index >= 15 is 0 Å². The molecule has 0 aliphatic carbocycles. The van der Waals surface area contributed by atoms with Crippen LogP contribution in [0.2, 0.25) is 0 Å². The van der Waals surface area contributed by atoms with Crippen molar-refractivity contribution in [1.82, 2.24) is 9.80 Å². The predicted octanol–water partition coefficient (Wildman–Crippen LogP) is 2.64. The highest BCUT2D eigenvalue weighted by molar-refractivity contribution is 5.97. The minimum absolute atomic E-state index is 0.0814. The number of amides is 3. The van der Waals surface area contributed by atoms with Gasteiger partial charge in [0.1, 0.15) is 12.4 Å². The van der Waals surface area contributed by atoms with E-state index < -0.39 is 0 Å². The summed E-state index contributed by atoms with van der Waals surface area (Å²) in [6, 6.07) is 14.1. The maximum atomic E-state index is 13.0. The summed E-state index contributed by atoms with van der Waals surface area (Å²) in [4.78, 5) is 42.7. The fraction of sp³-hybridized carbons (Fsp3) is 0.348. The molecule has 0 saturated carbocycles. The van der Waals surface area contributed by atoms with Gasteiger partial charge in [-0.25, -0.2) is 4.79 Å². The molecule has 8 heteroatoms. The summed E-state index contributed by atoms with van der Waals surface area (Å²) in [5.74, 6) is 0.377. The number of rotatable bonds is 4. The number of methoxy groups -OCH3 is 1. The predicted molar refractivity (Wildman–Crippen MR) is 115 cm³/mol. The number of para-hydroxylation sites is 1. The number of anilines is 1. The van der Waals surface area contributed by atoms with Gasteiger partial charge in [0, 0.05) is 37.4 Å². The molecule has 2 heterocycles. The zero-order valence-electron chi connectivity index (χ0n) is 17.5. The van der Waals surface area contributed by atoms with E-state index in [0.717, 1.165) is 0 Å². The molecule has 0 atom stereocenters. The Balaban J connectivity index is 1.41. The molecule has 0 bridgehead atoms. The molecule has 2 aliphatic heterocycles. The standard InChI is InChI=1S/C23H25N3O5/c1-30-20-6-3-2-5-19(20)22(28)25-12-4-11-24(13-14-25)21(27)17-7-9-18(10-8-17)26-15-16-31-23(26)29/h2-3,5-10H,4,11-16H2,1H3. The summed E-state index contributed by atoms with van der Waals surface area (Å²) < 4.78 is 10.3. The molecule has 3 amide bonds. The van der Waals surface area contributed by atoms with Gasteiger partial charge in [-0.15, -0.1) is 0 Å². The first-order valence-electron chi connectivity index (χ1n) is 10.3. The van der Waals surface area contributed by atoms with Crippen LogP contribution in [0, 0.1) is 0 Å². The topological polar surface area (TPSA) is 79.4 Å². The van der Waals surface area contributed by atoms with Gasteiger partial charge in [0.05, 0.1) is 19.2 Å². The molecule has 8 nitrogen and oxygen atoms in total. The van der Waals surface area contributed by atoms with E-state index in [9.17, 15) is 14.4 Å². The first-order chi connectivity index (χ1) is 15.1. The second-order valence-corrected chi connectivity index (χ2v) is 7.45. The van der Waals surface area contributed by atoms with Crippen molar-refractivity contribution in [2.75, 3.05) is 51.3 Å². The Morgan fingerprint density at radius 2 is 1.55 bits per heavy atom. The second kappa shape index (κ2) is 9.07. The highest BCUT2D eigenvalue weighted by Crippen LogP contribution is 2.22. The Morgan fingerprint density at radius 1 is 0.871 bits per heavy atom. The van der Waals surface area contributed by atoms with E-state index in [1.807, 2.05) is 12.1 Å².